The summed E-state index contributed by atoms with van der Waals surface area (Å²) in [5.74, 6) is 0. The molecule has 0 saturated carbocycles. The Bertz CT molecular complexity index is 46.7. The van der Waals surface area contributed by atoms with Gasteiger partial charge in [-0.2, -0.15) is 0 Å². The van der Waals surface area contributed by atoms with Crippen molar-refractivity contribution >= 4 is 0 Å². The third kappa shape index (κ3) is 25.2. The topological polar surface area (TPSA) is 12.0 Å². The maximum atomic E-state index is 3.48. The van der Waals surface area contributed by atoms with Crippen LogP contribution in [-0.4, -0.2) is 13.1 Å². The van der Waals surface area contributed by atoms with Crippen LogP contribution in [0.15, 0.2) is 12.7 Å². The molecule has 1 heteroatoms. The molecule has 62 valence electrons. The molecule has 0 unspecified atom stereocenters. The third-order valence-corrected chi connectivity index (χ3v) is 0.965. The van der Waals surface area contributed by atoms with Crippen molar-refractivity contribution in [3.05, 3.63) is 12.7 Å². The first-order chi connectivity index (χ1) is 4.83. The Labute approximate surface area is 65.5 Å². The molecule has 0 rings (SSSR count). The van der Waals surface area contributed by atoms with Crippen LogP contribution in [-0.2, 0) is 0 Å². The minimum Gasteiger partial charge on any atom is -0.317 e. The summed E-state index contributed by atoms with van der Waals surface area (Å²) in [6, 6.07) is 0. The van der Waals surface area contributed by atoms with Crippen LogP contribution in [0.5, 0.6) is 0 Å². The van der Waals surface area contributed by atoms with Crippen molar-refractivity contribution in [2.24, 2.45) is 0 Å². The van der Waals surface area contributed by atoms with Crippen molar-refractivity contribution in [3.63, 3.8) is 0 Å². The summed E-state index contributed by atoms with van der Waals surface area (Å²) in [5, 5.41) is 3.20. The predicted molar refractivity (Wildman–Crippen MR) is 49.3 cm³/mol. The molecule has 0 aliphatic heterocycles. The van der Waals surface area contributed by atoms with E-state index < -0.39 is 0 Å². The molecule has 0 amide bonds. The second-order valence-electron chi connectivity index (χ2n) is 2.05. The van der Waals surface area contributed by atoms with E-state index >= 15 is 0 Å². The van der Waals surface area contributed by atoms with Crippen molar-refractivity contribution in [1.82, 2.24) is 5.32 Å². The number of hydrogen-bond donors (Lipinski definition) is 1. The van der Waals surface area contributed by atoms with Gasteiger partial charge in [-0.1, -0.05) is 26.8 Å². The molecule has 0 aromatic heterocycles. The molecule has 0 radical (unpaired) electrons. The second kappa shape index (κ2) is 15.9. The fraction of sp³-hybridized carbons (Fsp3) is 0.778. The van der Waals surface area contributed by atoms with E-state index in [1.165, 1.54) is 6.42 Å². The lowest BCUT2D eigenvalue weighted by molar-refractivity contribution is 0.703. The van der Waals surface area contributed by atoms with Crippen LogP contribution in [0.2, 0.25) is 0 Å². The number of allylic oxidation sites excluding steroid dienone is 1. The monoisotopic (exact) mass is 143 g/mol. The lowest BCUT2D eigenvalue weighted by atomic mass is 10.5. The van der Waals surface area contributed by atoms with Crippen LogP contribution in [0.4, 0.5) is 0 Å². The van der Waals surface area contributed by atoms with Crippen LogP contribution in [0.25, 0.3) is 0 Å². The van der Waals surface area contributed by atoms with E-state index in [1.54, 1.807) is 0 Å². The van der Waals surface area contributed by atoms with Gasteiger partial charge in [0.05, 0.1) is 0 Å². The molecular formula is C9H21N. The molecule has 0 aliphatic carbocycles. The van der Waals surface area contributed by atoms with Crippen molar-refractivity contribution in [3.8, 4) is 0 Å². The highest BCUT2D eigenvalue weighted by Crippen LogP contribution is 1.66. The predicted octanol–water partition coefficient (Wildman–Crippen LogP) is 2.59. The van der Waals surface area contributed by atoms with Crippen LogP contribution in [0.3, 0.4) is 0 Å². The summed E-state index contributed by atoms with van der Waals surface area (Å²) in [7, 11) is 0. The minimum atomic E-state index is 1.08. The molecule has 0 aliphatic rings. The zero-order valence-corrected chi connectivity index (χ0v) is 7.61. The van der Waals surface area contributed by atoms with E-state index in [-0.39, 0.29) is 0 Å². The van der Waals surface area contributed by atoms with Gasteiger partial charge in [-0.05, 0) is 25.9 Å². The Kier molecular flexibility index (Phi) is 19.7. The summed E-state index contributed by atoms with van der Waals surface area (Å²) in [5.41, 5.74) is 0. The Morgan fingerprint density at radius 3 is 1.90 bits per heavy atom. The van der Waals surface area contributed by atoms with E-state index in [1.807, 2.05) is 6.08 Å². The molecule has 0 aromatic carbocycles. The highest BCUT2D eigenvalue weighted by Gasteiger charge is 1.71. The molecule has 0 spiro atoms. The highest BCUT2D eigenvalue weighted by molar-refractivity contribution is 4.60. The van der Waals surface area contributed by atoms with Crippen molar-refractivity contribution in [1.29, 1.82) is 0 Å². The molecule has 1 N–H and O–H groups in total. The molecule has 10 heavy (non-hydrogen) atoms. The number of hydrogen-bond acceptors (Lipinski definition) is 1. The molecule has 0 atom stereocenters. The summed E-state index contributed by atoms with van der Waals surface area (Å²) in [6.07, 6.45) is 4.20. The SMILES string of the molecule is C=CCC.CCCNCC. The molecule has 0 aromatic rings. The molecule has 1 nitrogen and oxygen atoms in total. The molecule has 0 bridgehead atoms. The summed E-state index contributed by atoms with van der Waals surface area (Å²) in [6.45, 7) is 12.1. The van der Waals surface area contributed by atoms with E-state index in [0.717, 1.165) is 19.5 Å². The Morgan fingerprint density at radius 2 is 1.80 bits per heavy atom. The van der Waals surface area contributed by atoms with E-state index in [2.05, 4.69) is 32.7 Å². The van der Waals surface area contributed by atoms with Gasteiger partial charge in [0.1, 0.15) is 0 Å². The molecule has 0 heterocycles. The molecular weight excluding hydrogens is 122 g/mol. The first-order valence-electron chi connectivity index (χ1n) is 4.14. The van der Waals surface area contributed by atoms with Gasteiger partial charge in [0.25, 0.3) is 0 Å². The lowest BCUT2D eigenvalue weighted by Crippen LogP contribution is -2.12. The van der Waals surface area contributed by atoms with Gasteiger partial charge in [0.15, 0.2) is 0 Å². The average molecular weight is 143 g/mol. The largest absolute Gasteiger partial charge is 0.317 e. The summed E-state index contributed by atoms with van der Waals surface area (Å²) < 4.78 is 0. The van der Waals surface area contributed by atoms with E-state index in [0.29, 0.717) is 0 Å². The fourth-order valence-corrected chi connectivity index (χ4v) is 0.354. The van der Waals surface area contributed by atoms with Crippen molar-refractivity contribution in [2.75, 3.05) is 13.1 Å². The quantitative estimate of drug-likeness (QED) is 0.471. The van der Waals surface area contributed by atoms with Gasteiger partial charge in [0.2, 0.25) is 0 Å². The Balaban J connectivity index is 0. The van der Waals surface area contributed by atoms with Crippen LogP contribution in [0, 0.1) is 0 Å². The van der Waals surface area contributed by atoms with Crippen LogP contribution >= 0.6 is 0 Å². The highest BCUT2D eigenvalue weighted by atomic mass is 14.8. The van der Waals surface area contributed by atoms with Crippen molar-refractivity contribution < 1.29 is 0 Å². The lowest BCUT2D eigenvalue weighted by Gasteiger charge is -1.91. The normalized spacial score (nSPS) is 7.90. The van der Waals surface area contributed by atoms with E-state index in [4.69, 9.17) is 0 Å². The zero-order valence-electron chi connectivity index (χ0n) is 7.61. The third-order valence-electron chi connectivity index (χ3n) is 0.965. The van der Waals surface area contributed by atoms with Gasteiger partial charge >= 0.3 is 0 Å². The Hall–Kier alpha value is -0.300. The van der Waals surface area contributed by atoms with Gasteiger partial charge in [0, 0.05) is 0 Å². The smallest absolute Gasteiger partial charge is 0.00517 e. The maximum Gasteiger partial charge on any atom is -0.00517 e. The fourth-order valence-electron chi connectivity index (χ4n) is 0.354. The standard InChI is InChI=1S/C5H13N.C4H8/c1-3-5-6-4-2;1-3-4-2/h6H,3-5H2,1-2H3;3H,1,4H2,2H3. The van der Waals surface area contributed by atoms with Gasteiger partial charge < -0.3 is 5.32 Å². The van der Waals surface area contributed by atoms with Crippen LogP contribution < -0.4 is 5.32 Å². The minimum absolute atomic E-state index is 1.08. The zero-order chi connectivity index (χ0) is 8.24. The number of rotatable bonds is 4. The van der Waals surface area contributed by atoms with Gasteiger partial charge in [-0.15, -0.1) is 6.58 Å². The Morgan fingerprint density at radius 1 is 1.30 bits per heavy atom. The average Bonchev–Trinajstić information content (AvgIpc) is 2.01. The second-order valence-corrected chi connectivity index (χ2v) is 2.05. The summed E-state index contributed by atoms with van der Waals surface area (Å²) in [4.78, 5) is 0. The first kappa shape index (κ1) is 12.4. The van der Waals surface area contributed by atoms with Gasteiger partial charge in [-0.3, -0.25) is 0 Å². The van der Waals surface area contributed by atoms with Gasteiger partial charge in [-0.25, -0.2) is 0 Å². The summed E-state index contributed by atoms with van der Waals surface area (Å²) >= 11 is 0. The first-order valence-corrected chi connectivity index (χ1v) is 4.14. The van der Waals surface area contributed by atoms with Crippen molar-refractivity contribution in [2.45, 2.75) is 33.6 Å². The van der Waals surface area contributed by atoms with Crippen LogP contribution in [0.1, 0.15) is 33.6 Å². The number of nitrogens with one attached hydrogen (secondary N) is 1. The maximum absolute atomic E-state index is 3.48. The molecule has 0 fully saturated rings. The van der Waals surface area contributed by atoms with E-state index in [9.17, 15) is 0 Å². The molecule has 0 saturated heterocycles.